The van der Waals surface area contributed by atoms with Gasteiger partial charge in [-0.15, -0.1) is 11.3 Å². The topological polar surface area (TPSA) is 89.0 Å². The molecule has 0 spiro atoms. The third kappa shape index (κ3) is 4.16. The standard InChI is InChI=1S/C19H17N3O3S4/c1-3-29(24,25)12-6-4-11(5-7-12)10-15(23)22-18-20-13-8-9-14-17(16(13)27-18)28-19(21-14)26-2/h4-9H,3,10H2,1-2H3,(H,20,22,23). The van der Waals surface area contributed by atoms with E-state index in [4.69, 9.17) is 0 Å². The number of nitrogens with zero attached hydrogens (tertiary/aromatic N) is 2. The number of rotatable bonds is 6. The van der Waals surface area contributed by atoms with Gasteiger partial charge in [0.15, 0.2) is 19.3 Å². The van der Waals surface area contributed by atoms with E-state index in [-0.39, 0.29) is 23.0 Å². The smallest absolute Gasteiger partial charge is 0.230 e. The van der Waals surface area contributed by atoms with E-state index >= 15 is 0 Å². The molecule has 1 N–H and O–H groups in total. The van der Waals surface area contributed by atoms with Crippen molar-refractivity contribution < 1.29 is 13.2 Å². The molecule has 150 valence electrons. The van der Waals surface area contributed by atoms with E-state index in [2.05, 4.69) is 15.3 Å². The van der Waals surface area contributed by atoms with Crippen molar-refractivity contribution in [2.24, 2.45) is 0 Å². The van der Waals surface area contributed by atoms with E-state index < -0.39 is 9.84 Å². The molecular formula is C19H17N3O3S4. The summed E-state index contributed by atoms with van der Waals surface area (Å²) in [6, 6.07) is 10.3. The fourth-order valence-corrected chi connectivity index (χ4v) is 6.38. The minimum Gasteiger partial charge on any atom is -0.302 e. The zero-order valence-electron chi connectivity index (χ0n) is 15.6. The number of carbonyl (C=O) groups excluding carboxylic acids is 1. The molecule has 0 saturated carbocycles. The second-order valence-electron chi connectivity index (χ2n) is 6.24. The van der Waals surface area contributed by atoms with E-state index in [0.29, 0.717) is 5.13 Å². The third-order valence-electron chi connectivity index (χ3n) is 4.34. The number of hydrogen-bond donors (Lipinski definition) is 1. The van der Waals surface area contributed by atoms with Crippen LogP contribution in [0.1, 0.15) is 12.5 Å². The third-order valence-corrected chi connectivity index (χ3v) is 9.30. The minimum atomic E-state index is -3.24. The lowest BCUT2D eigenvalue weighted by Crippen LogP contribution is -2.14. The molecule has 4 rings (SSSR count). The van der Waals surface area contributed by atoms with E-state index in [0.717, 1.165) is 30.3 Å². The zero-order chi connectivity index (χ0) is 20.6. The van der Waals surface area contributed by atoms with Crippen LogP contribution in [0.25, 0.3) is 20.4 Å². The number of nitrogens with one attached hydrogen (secondary N) is 1. The first-order valence-electron chi connectivity index (χ1n) is 8.75. The van der Waals surface area contributed by atoms with Gasteiger partial charge in [0.2, 0.25) is 5.91 Å². The summed E-state index contributed by atoms with van der Waals surface area (Å²) in [5, 5.41) is 3.39. The van der Waals surface area contributed by atoms with Crippen molar-refractivity contribution in [1.82, 2.24) is 9.97 Å². The van der Waals surface area contributed by atoms with E-state index in [1.54, 1.807) is 54.3 Å². The van der Waals surface area contributed by atoms with E-state index in [9.17, 15) is 13.2 Å². The molecule has 0 bridgehead atoms. The molecule has 2 heterocycles. The van der Waals surface area contributed by atoms with Gasteiger partial charge in [-0.2, -0.15) is 0 Å². The number of thioether (sulfide) groups is 1. The van der Waals surface area contributed by atoms with Gasteiger partial charge in [-0.3, -0.25) is 4.79 Å². The summed E-state index contributed by atoms with van der Waals surface area (Å²) >= 11 is 4.67. The van der Waals surface area contributed by atoms with Crippen molar-refractivity contribution in [2.45, 2.75) is 22.6 Å². The van der Waals surface area contributed by atoms with Crippen molar-refractivity contribution >= 4 is 75.7 Å². The number of hydrogen-bond acceptors (Lipinski definition) is 8. The monoisotopic (exact) mass is 463 g/mol. The van der Waals surface area contributed by atoms with Crippen LogP contribution >= 0.6 is 34.4 Å². The van der Waals surface area contributed by atoms with Gasteiger partial charge in [-0.1, -0.05) is 42.2 Å². The van der Waals surface area contributed by atoms with Crippen LogP contribution in [0.5, 0.6) is 0 Å². The maximum Gasteiger partial charge on any atom is 0.230 e. The van der Waals surface area contributed by atoms with Crippen LogP contribution in [0.4, 0.5) is 5.13 Å². The fraction of sp³-hybridized carbons (Fsp3) is 0.211. The van der Waals surface area contributed by atoms with Gasteiger partial charge in [0.1, 0.15) is 0 Å². The van der Waals surface area contributed by atoms with Gasteiger partial charge in [0, 0.05) is 0 Å². The summed E-state index contributed by atoms with van der Waals surface area (Å²) in [4.78, 5) is 21.8. The number of anilines is 1. The van der Waals surface area contributed by atoms with Crippen molar-refractivity contribution in [3.05, 3.63) is 42.0 Å². The molecule has 4 aromatic rings. The molecule has 0 aliphatic heterocycles. The Morgan fingerprint density at radius 3 is 2.34 bits per heavy atom. The zero-order valence-corrected chi connectivity index (χ0v) is 18.9. The van der Waals surface area contributed by atoms with Crippen molar-refractivity contribution in [3.8, 4) is 0 Å². The van der Waals surface area contributed by atoms with Gasteiger partial charge in [0.05, 0.1) is 37.5 Å². The number of amides is 1. The van der Waals surface area contributed by atoms with Crippen LogP contribution in [-0.4, -0.2) is 36.3 Å². The Hall–Kier alpha value is -2.01. The largest absolute Gasteiger partial charge is 0.302 e. The van der Waals surface area contributed by atoms with Crippen molar-refractivity contribution in [2.75, 3.05) is 17.3 Å². The van der Waals surface area contributed by atoms with E-state index in [1.807, 2.05) is 18.4 Å². The lowest BCUT2D eigenvalue weighted by atomic mass is 10.1. The maximum absolute atomic E-state index is 12.4. The van der Waals surface area contributed by atoms with Crippen LogP contribution in [0.2, 0.25) is 0 Å². The van der Waals surface area contributed by atoms with Gasteiger partial charge < -0.3 is 5.32 Å². The quantitative estimate of drug-likeness (QED) is 0.420. The van der Waals surface area contributed by atoms with Crippen molar-refractivity contribution in [1.29, 1.82) is 0 Å². The predicted octanol–water partition coefficient (Wildman–Crippen LogP) is 4.60. The van der Waals surface area contributed by atoms with Crippen LogP contribution in [0.3, 0.4) is 0 Å². The summed E-state index contributed by atoms with van der Waals surface area (Å²) in [5.41, 5.74) is 2.52. The predicted molar refractivity (Wildman–Crippen MR) is 121 cm³/mol. The average Bonchev–Trinajstić information content (AvgIpc) is 3.31. The summed E-state index contributed by atoms with van der Waals surface area (Å²) in [7, 11) is -3.24. The Bertz CT molecular complexity index is 1310. The number of aromatic nitrogens is 2. The van der Waals surface area contributed by atoms with Crippen LogP contribution in [0, 0.1) is 0 Å². The molecule has 10 heteroatoms. The number of carbonyl (C=O) groups is 1. The first-order chi connectivity index (χ1) is 13.9. The number of fused-ring (bicyclic) bond motifs is 3. The average molecular weight is 464 g/mol. The Labute approximate surface area is 180 Å². The Balaban J connectivity index is 1.51. The molecule has 29 heavy (non-hydrogen) atoms. The van der Waals surface area contributed by atoms with Crippen LogP contribution in [-0.2, 0) is 21.1 Å². The van der Waals surface area contributed by atoms with Crippen molar-refractivity contribution in [3.63, 3.8) is 0 Å². The molecule has 0 saturated heterocycles. The van der Waals surface area contributed by atoms with E-state index in [1.165, 1.54) is 11.3 Å². The van der Waals surface area contributed by atoms with Gasteiger partial charge >= 0.3 is 0 Å². The minimum absolute atomic E-state index is 0.0515. The molecule has 2 aromatic carbocycles. The summed E-state index contributed by atoms with van der Waals surface area (Å²) in [6.45, 7) is 1.61. The molecule has 0 aliphatic rings. The second-order valence-corrected chi connectivity index (χ2v) is 11.6. The molecule has 6 nitrogen and oxygen atoms in total. The lowest BCUT2D eigenvalue weighted by molar-refractivity contribution is -0.115. The number of benzene rings is 2. The molecule has 0 atom stereocenters. The summed E-state index contributed by atoms with van der Waals surface area (Å²) < 4.78 is 26.9. The lowest BCUT2D eigenvalue weighted by Gasteiger charge is -2.04. The summed E-state index contributed by atoms with van der Waals surface area (Å²) in [6.07, 6.45) is 2.15. The highest BCUT2D eigenvalue weighted by Crippen LogP contribution is 2.38. The molecule has 1 amide bonds. The highest BCUT2D eigenvalue weighted by atomic mass is 32.2. The highest BCUT2D eigenvalue weighted by molar-refractivity contribution is 8.00. The molecule has 0 radical (unpaired) electrons. The van der Waals surface area contributed by atoms with Gasteiger partial charge in [-0.25, -0.2) is 18.4 Å². The SMILES string of the molecule is CCS(=O)(=O)c1ccc(CC(=O)Nc2nc3ccc4nc(SC)sc4c3s2)cc1. The maximum atomic E-state index is 12.4. The normalized spacial score (nSPS) is 11.9. The number of sulfone groups is 1. The van der Waals surface area contributed by atoms with Crippen LogP contribution in [0.15, 0.2) is 45.6 Å². The second kappa shape index (κ2) is 8.02. The Morgan fingerprint density at radius 1 is 1.03 bits per heavy atom. The first-order valence-corrected chi connectivity index (χ1v) is 13.3. The van der Waals surface area contributed by atoms with Gasteiger partial charge in [0.25, 0.3) is 0 Å². The molecule has 2 aromatic heterocycles. The molecule has 0 fully saturated rings. The number of thiazole rings is 2. The molecular weight excluding hydrogens is 446 g/mol. The Kier molecular flexibility index (Phi) is 5.60. The fourth-order valence-electron chi connectivity index (χ4n) is 2.82. The Morgan fingerprint density at radius 2 is 1.69 bits per heavy atom. The highest BCUT2D eigenvalue weighted by Gasteiger charge is 2.15. The first kappa shape index (κ1) is 20.3. The summed E-state index contributed by atoms with van der Waals surface area (Å²) in [5.74, 6) is -0.142. The molecule has 0 aliphatic carbocycles. The van der Waals surface area contributed by atoms with Gasteiger partial charge in [-0.05, 0) is 36.1 Å². The molecule has 0 unspecified atom stereocenters. The van der Waals surface area contributed by atoms with Crippen LogP contribution < -0.4 is 5.32 Å².